The predicted octanol–water partition coefficient (Wildman–Crippen LogP) is 3.57. The van der Waals surface area contributed by atoms with Crippen LogP contribution in [0.1, 0.15) is 29.7 Å². The summed E-state index contributed by atoms with van der Waals surface area (Å²) < 4.78 is 1.64. The molecule has 0 saturated heterocycles. The van der Waals surface area contributed by atoms with Crippen LogP contribution in [0.5, 0.6) is 0 Å². The highest BCUT2D eigenvalue weighted by atomic mass is 16.1. The molecule has 1 aliphatic carbocycles. The van der Waals surface area contributed by atoms with Gasteiger partial charge in [0, 0.05) is 11.8 Å². The van der Waals surface area contributed by atoms with E-state index in [1.165, 1.54) is 0 Å². The molecule has 3 aromatic rings. The smallest absolute Gasteiger partial charge is 0.261 e. The summed E-state index contributed by atoms with van der Waals surface area (Å²) in [6, 6.07) is 15.9. The van der Waals surface area contributed by atoms with E-state index in [1.807, 2.05) is 36.4 Å². The van der Waals surface area contributed by atoms with Gasteiger partial charge in [0.1, 0.15) is 5.65 Å². The standard InChI is InChI=1S/C19H16N2O/c22-19-16-10-6-9-15(13-14-7-2-1-3-8-14)18(16)20-17-11-4-5-12-21(17)19/h1-5,7-8,11-13H,6,9-10H2. The molecule has 0 radical (unpaired) electrons. The zero-order valence-electron chi connectivity index (χ0n) is 12.2. The van der Waals surface area contributed by atoms with Gasteiger partial charge in [-0.1, -0.05) is 36.4 Å². The molecule has 0 atom stereocenters. The maximum absolute atomic E-state index is 12.7. The average Bonchev–Trinajstić information content (AvgIpc) is 2.57. The Bertz CT molecular complexity index is 923. The van der Waals surface area contributed by atoms with Crippen LogP contribution in [0.2, 0.25) is 0 Å². The summed E-state index contributed by atoms with van der Waals surface area (Å²) in [6.45, 7) is 0. The van der Waals surface area contributed by atoms with Crippen LogP contribution < -0.4 is 5.56 Å². The Kier molecular flexibility index (Phi) is 3.11. The summed E-state index contributed by atoms with van der Waals surface area (Å²) in [7, 11) is 0. The second kappa shape index (κ2) is 5.26. The number of fused-ring (bicyclic) bond motifs is 2. The quantitative estimate of drug-likeness (QED) is 0.686. The van der Waals surface area contributed by atoms with Gasteiger partial charge in [-0.2, -0.15) is 0 Å². The third-order valence-electron chi connectivity index (χ3n) is 4.15. The van der Waals surface area contributed by atoms with Gasteiger partial charge in [0.05, 0.1) is 5.69 Å². The first-order valence-electron chi connectivity index (χ1n) is 7.59. The fourth-order valence-corrected chi connectivity index (χ4v) is 3.08. The molecule has 0 amide bonds. The molecule has 3 heteroatoms. The van der Waals surface area contributed by atoms with Crippen molar-refractivity contribution in [2.24, 2.45) is 0 Å². The molecule has 3 nitrogen and oxygen atoms in total. The predicted molar refractivity (Wildman–Crippen MR) is 88.7 cm³/mol. The molecule has 2 aromatic heterocycles. The Balaban J connectivity index is 1.95. The number of hydrogen-bond acceptors (Lipinski definition) is 2. The Morgan fingerprint density at radius 1 is 1.00 bits per heavy atom. The normalized spacial score (nSPS) is 15.9. The second-order valence-electron chi connectivity index (χ2n) is 5.61. The molecule has 108 valence electrons. The topological polar surface area (TPSA) is 34.4 Å². The Morgan fingerprint density at radius 2 is 1.82 bits per heavy atom. The van der Waals surface area contributed by atoms with Crippen LogP contribution in [0.25, 0.3) is 17.3 Å². The summed E-state index contributed by atoms with van der Waals surface area (Å²) in [5, 5.41) is 0. The van der Waals surface area contributed by atoms with Crippen LogP contribution in [0.15, 0.2) is 59.5 Å². The van der Waals surface area contributed by atoms with Crippen LogP contribution in [-0.2, 0) is 6.42 Å². The lowest BCUT2D eigenvalue weighted by molar-refractivity contribution is 0.787. The van der Waals surface area contributed by atoms with Gasteiger partial charge < -0.3 is 0 Å². The first kappa shape index (κ1) is 13.0. The molecule has 2 heterocycles. The van der Waals surface area contributed by atoms with Crippen molar-refractivity contribution in [2.75, 3.05) is 0 Å². The molecule has 4 rings (SSSR count). The molecule has 22 heavy (non-hydrogen) atoms. The molecule has 1 aliphatic rings. The van der Waals surface area contributed by atoms with E-state index in [0.717, 1.165) is 41.7 Å². The van der Waals surface area contributed by atoms with Gasteiger partial charge in [-0.05, 0) is 48.6 Å². The van der Waals surface area contributed by atoms with E-state index >= 15 is 0 Å². The summed E-state index contributed by atoms with van der Waals surface area (Å²) in [5.41, 5.74) is 4.83. The SMILES string of the molecule is O=c1c2c(nc3ccccn13)C(=Cc1ccccc1)CCC2. The van der Waals surface area contributed by atoms with Gasteiger partial charge in [0.25, 0.3) is 5.56 Å². The molecular formula is C19H16N2O. The number of aromatic nitrogens is 2. The van der Waals surface area contributed by atoms with Gasteiger partial charge in [0.15, 0.2) is 0 Å². The molecule has 0 bridgehead atoms. The number of hydrogen-bond donors (Lipinski definition) is 0. The first-order chi connectivity index (χ1) is 10.8. The van der Waals surface area contributed by atoms with E-state index in [-0.39, 0.29) is 5.56 Å². The molecule has 0 aliphatic heterocycles. The maximum atomic E-state index is 12.7. The number of pyridine rings is 1. The van der Waals surface area contributed by atoms with Gasteiger partial charge in [-0.25, -0.2) is 4.98 Å². The Labute approximate surface area is 128 Å². The summed E-state index contributed by atoms with van der Waals surface area (Å²) in [6.07, 6.45) is 6.73. The number of rotatable bonds is 1. The van der Waals surface area contributed by atoms with Gasteiger partial charge in [-0.15, -0.1) is 0 Å². The molecule has 0 saturated carbocycles. The van der Waals surface area contributed by atoms with Crippen LogP contribution in [0.3, 0.4) is 0 Å². The fourth-order valence-electron chi connectivity index (χ4n) is 3.08. The van der Waals surface area contributed by atoms with Crippen LogP contribution in [-0.4, -0.2) is 9.38 Å². The van der Waals surface area contributed by atoms with Crippen LogP contribution in [0, 0.1) is 0 Å². The first-order valence-corrected chi connectivity index (χ1v) is 7.59. The zero-order chi connectivity index (χ0) is 14.9. The lowest BCUT2D eigenvalue weighted by Crippen LogP contribution is -2.24. The molecular weight excluding hydrogens is 272 g/mol. The fraction of sp³-hybridized carbons (Fsp3) is 0.158. The minimum Gasteiger partial charge on any atom is -0.269 e. The van der Waals surface area contributed by atoms with E-state index in [0.29, 0.717) is 5.65 Å². The minimum absolute atomic E-state index is 0.0688. The third-order valence-corrected chi connectivity index (χ3v) is 4.15. The van der Waals surface area contributed by atoms with E-state index in [9.17, 15) is 4.79 Å². The van der Waals surface area contributed by atoms with Crippen molar-refractivity contribution < 1.29 is 0 Å². The van der Waals surface area contributed by atoms with Crippen molar-refractivity contribution in [1.29, 1.82) is 0 Å². The highest BCUT2D eigenvalue weighted by molar-refractivity contribution is 5.82. The monoisotopic (exact) mass is 288 g/mol. The number of nitrogens with zero attached hydrogens (tertiary/aromatic N) is 2. The summed E-state index contributed by atoms with van der Waals surface area (Å²) >= 11 is 0. The van der Waals surface area contributed by atoms with Gasteiger partial charge in [0.2, 0.25) is 0 Å². The average molecular weight is 288 g/mol. The lowest BCUT2D eigenvalue weighted by Gasteiger charge is -2.18. The van der Waals surface area contributed by atoms with Crippen molar-refractivity contribution in [3.8, 4) is 0 Å². The van der Waals surface area contributed by atoms with E-state index in [2.05, 4.69) is 18.2 Å². The number of benzene rings is 1. The summed E-state index contributed by atoms with van der Waals surface area (Å²) in [4.78, 5) is 17.4. The highest BCUT2D eigenvalue weighted by Gasteiger charge is 2.20. The van der Waals surface area contributed by atoms with E-state index in [1.54, 1.807) is 10.6 Å². The van der Waals surface area contributed by atoms with Crippen molar-refractivity contribution in [3.63, 3.8) is 0 Å². The van der Waals surface area contributed by atoms with Gasteiger partial charge in [-0.3, -0.25) is 9.20 Å². The summed E-state index contributed by atoms with van der Waals surface area (Å²) in [5.74, 6) is 0. The molecule has 0 fully saturated rings. The highest BCUT2D eigenvalue weighted by Crippen LogP contribution is 2.29. The van der Waals surface area contributed by atoms with Gasteiger partial charge >= 0.3 is 0 Å². The lowest BCUT2D eigenvalue weighted by atomic mass is 9.91. The third kappa shape index (κ3) is 2.15. The molecule has 0 unspecified atom stereocenters. The van der Waals surface area contributed by atoms with E-state index in [4.69, 9.17) is 4.98 Å². The zero-order valence-corrected chi connectivity index (χ0v) is 12.2. The second-order valence-corrected chi connectivity index (χ2v) is 5.61. The largest absolute Gasteiger partial charge is 0.269 e. The van der Waals surface area contributed by atoms with Crippen LogP contribution >= 0.6 is 0 Å². The van der Waals surface area contributed by atoms with Crippen molar-refractivity contribution in [3.05, 3.63) is 81.9 Å². The van der Waals surface area contributed by atoms with Crippen molar-refractivity contribution in [1.82, 2.24) is 9.38 Å². The van der Waals surface area contributed by atoms with Crippen molar-refractivity contribution >= 4 is 17.3 Å². The van der Waals surface area contributed by atoms with Crippen molar-refractivity contribution in [2.45, 2.75) is 19.3 Å². The number of allylic oxidation sites excluding steroid dienone is 1. The Morgan fingerprint density at radius 3 is 2.68 bits per heavy atom. The van der Waals surface area contributed by atoms with E-state index < -0.39 is 0 Å². The molecule has 0 N–H and O–H groups in total. The minimum atomic E-state index is 0.0688. The molecule has 0 spiro atoms. The Hall–Kier alpha value is -2.68. The maximum Gasteiger partial charge on any atom is 0.261 e. The van der Waals surface area contributed by atoms with Crippen LogP contribution in [0.4, 0.5) is 0 Å². The molecule has 1 aromatic carbocycles.